The summed E-state index contributed by atoms with van der Waals surface area (Å²) in [4.78, 5) is 16.2. The molecule has 1 aromatic heterocycles. The van der Waals surface area contributed by atoms with E-state index in [2.05, 4.69) is 42.9 Å². The van der Waals surface area contributed by atoms with Crippen LogP contribution in [0.2, 0.25) is 0 Å². The molecule has 1 saturated carbocycles. The highest BCUT2D eigenvalue weighted by atomic mass is 16.1. The highest BCUT2D eigenvalue weighted by Gasteiger charge is 2.23. The number of rotatable bonds is 2. The molecule has 1 fully saturated rings. The number of hydrogen-bond donors (Lipinski definition) is 1. The fourth-order valence-electron chi connectivity index (χ4n) is 3.36. The number of carbonyl (C=O) groups is 1. The molecule has 2 aromatic rings. The standard InChI is InChI=1S/C20H27N3O/c1-14(24)21-16-10-11-18-17(12-16)22-19(20(2,3)4)23(18)13-15-8-6-5-7-9-15/h10-13H,5-9H2,1-4H3,(H,21,24). The van der Waals surface area contributed by atoms with Crippen LogP contribution in [0.4, 0.5) is 5.69 Å². The number of aromatic nitrogens is 2. The largest absolute Gasteiger partial charge is 0.326 e. The van der Waals surface area contributed by atoms with Gasteiger partial charge in [-0.2, -0.15) is 0 Å². The van der Waals surface area contributed by atoms with Gasteiger partial charge in [-0.1, -0.05) is 32.8 Å². The third kappa shape index (κ3) is 3.53. The second kappa shape index (κ2) is 6.42. The molecule has 1 aromatic carbocycles. The summed E-state index contributed by atoms with van der Waals surface area (Å²) >= 11 is 0. The molecular weight excluding hydrogens is 298 g/mol. The lowest BCUT2D eigenvalue weighted by molar-refractivity contribution is -0.114. The van der Waals surface area contributed by atoms with Crippen molar-refractivity contribution in [1.29, 1.82) is 0 Å². The highest BCUT2D eigenvalue weighted by Crippen LogP contribution is 2.31. The Balaban J connectivity index is 2.12. The first kappa shape index (κ1) is 16.7. The Morgan fingerprint density at radius 1 is 1.21 bits per heavy atom. The molecule has 128 valence electrons. The third-order valence-electron chi connectivity index (χ3n) is 4.49. The Labute approximate surface area is 144 Å². The van der Waals surface area contributed by atoms with E-state index in [4.69, 9.17) is 4.98 Å². The molecule has 0 spiro atoms. The first-order valence-corrected chi connectivity index (χ1v) is 8.84. The van der Waals surface area contributed by atoms with Crippen molar-refractivity contribution in [3.8, 4) is 0 Å². The van der Waals surface area contributed by atoms with Crippen molar-refractivity contribution >= 4 is 28.8 Å². The van der Waals surface area contributed by atoms with Crippen LogP contribution in [0.5, 0.6) is 0 Å². The summed E-state index contributed by atoms with van der Waals surface area (Å²) in [7, 11) is 0. The number of nitrogens with one attached hydrogen (secondary N) is 1. The zero-order valence-electron chi connectivity index (χ0n) is 15.1. The molecule has 0 radical (unpaired) electrons. The van der Waals surface area contributed by atoms with Gasteiger partial charge in [-0.25, -0.2) is 4.98 Å². The Kier molecular flexibility index (Phi) is 4.48. The van der Waals surface area contributed by atoms with E-state index < -0.39 is 0 Å². The molecule has 0 aliphatic heterocycles. The van der Waals surface area contributed by atoms with Crippen LogP contribution in [0.15, 0.2) is 23.8 Å². The van der Waals surface area contributed by atoms with Crippen LogP contribution in [0, 0.1) is 0 Å². The van der Waals surface area contributed by atoms with E-state index in [9.17, 15) is 4.79 Å². The van der Waals surface area contributed by atoms with Gasteiger partial charge in [-0.05, 0) is 43.9 Å². The molecule has 1 aliphatic carbocycles. The fraction of sp³-hybridized carbons (Fsp3) is 0.500. The smallest absolute Gasteiger partial charge is 0.221 e. The van der Waals surface area contributed by atoms with Crippen molar-refractivity contribution in [2.24, 2.45) is 0 Å². The van der Waals surface area contributed by atoms with Gasteiger partial charge in [0.05, 0.1) is 11.0 Å². The molecular formula is C20H27N3O. The third-order valence-corrected chi connectivity index (χ3v) is 4.49. The molecule has 0 bridgehead atoms. The summed E-state index contributed by atoms with van der Waals surface area (Å²) in [5, 5.41) is 2.84. The van der Waals surface area contributed by atoms with Crippen LogP contribution in [0.25, 0.3) is 17.2 Å². The van der Waals surface area contributed by atoms with Gasteiger partial charge in [0.25, 0.3) is 0 Å². The fourth-order valence-corrected chi connectivity index (χ4v) is 3.36. The monoisotopic (exact) mass is 325 g/mol. The minimum Gasteiger partial charge on any atom is -0.326 e. The summed E-state index contributed by atoms with van der Waals surface area (Å²) in [6.07, 6.45) is 8.59. The summed E-state index contributed by atoms with van der Waals surface area (Å²) in [5.41, 5.74) is 4.30. The zero-order chi connectivity index (χ0) is 17.3. The SMILES string of the molecule is CC(=O)Nc1ccc2c(c1)nc(C(C)(C)C)n2C=C1CCCCC1. The van der Waals surface area contributed by atoms with Crippen LogP contribution < -0.4 is 5.32 Å². The lowest BCUT2D eigenvalue weighted by atomic mass is 9.94. The van der Waals surface area contributed by atoms with E-state index in [-0.39, 0.29) is 11.3 Å². The Bertz CT molecular complexity index is 785. The second-order valence-corrected chi connectivity index (χ2v) is 7.79. The van der Waals surface area contributed by atoms with E-state index in [0.29, 0.717) is 0 Å². The van der Waals surface area contributed by atoms with Gasteiger partial charge >= 0.3 is 0 Å². The van der Waals surface area contributed by atoms with Gasteiger partial charge in [0.15, 0.2) is 0 Å². The first-order valence-electron chi connectivity index (χ1n) is 8.84. The summed E-state index contributed by atoms with van der Waals surface area (Å²) < 4.78 is 2.26. The minimum atomic E-state index is -0.0610. The predicted molar refractivity (Wildman–Crippen MR) is 100 cm³/mol. The van der Waals surface area contributed by atoms with E-state index in [1.807, 2.05) is 12.1 Å². The van der Waals surface area contributed by atoms with Gasteiger partial charge < -0.3 is 9.88 Å². The number of benzene rings is 1. The van der Waals surface area contributed by atoms with Gasteiger partial charge in [-0.15, -0.1) is 0 Å². The number of nitrogens with zero attached hydrogens (tertiary/aromatic N) is 2. The van der Waals surface area contributed by atoms with Crippen molar-refractivity contribution in [1.82, 2.24) is 9.55 Å². The van der Waals surface area contributed by atoms with Crippen molar-refractivity contribution < 1.29 is 4.79 Å². The van der Waals surface area contributed by atoms with Crippen LogP contribution >= 0.6 is 0 Å². The second-order valence-electron chi connectivity index (χ2n) is 7.79. The van der Waals surface area contributed by atoms with E-state index >= 15 is 0 Å². The molecule has 1 amide bonds. The van der Waals surface area contributed by atoms with Crippen molar-refractivity contribution in [2.75, 3.05) is 5.32 Å². The molecule has 1 aliphatic rings. The summed E-state index contributed by atoms with van der Waals surface area (Å²) in [6, 6.07) is 5.97. The van der Waals surface area contributed by atoms with E-state index in [1.54, 1.807) is 0 Å². The maximum atomic E-state index is 11.3. The molecule has 0 saturated heterocycles. The Hall–Kier alpha value is -2.10. The summed E-state index contributed by atoms with van der Waals surface area (Å²) in [6.45, 7) is 8.10. The van der Waals surface area contributed by atoms with Crippen molar-refractivity contribution in [3.05, 3.63) is 29.6 Å². The number of carbonyl (C=O) groups excluding carboxylic acids is 1. The first-order chi connectivity index (χ1) is 11.3. The molecule has 1 heterocycles. The average Bonchev–Trinajstić information content (AvgIpc) is 2.86. The van der Waals surface area contributed by atoms with Gasteiger partial charge in [0.1, 0.15) is 5.82 Å². The highest BCUT2D eigenvalue weighted by molar-refractivity contribution is 5.92. The molecule has 4 nitrogen and oxygen atoms in total. The van der Waals surface area contributed by atoms with Crippen molar-refractivity contribution in [3.63, 3.8) is 0 Å². The molecule has 0 atom stereocenters. The van der Waals surface area contributed by atoms with Gasteiger partial charge in [0.2, 0.25) is 5.91 Å². The molecule has 24 heavy (non-hydrogen) atoms. The lowest BCUT2D eigenvalue weighted by Gasteiger charge is -2.20. The maximum absolute atomic E-state index is 11.3. The van der Waals surface area contributed by atoms with Gasteiger partial charge in [0, 0.05) is 24.2 Å². The number of allylic oxidation sites excluding steroid dienone is 1. The number of fused-ring (bicyclic) bond motifs is 1. The van der Waals surface area contributed by atoms with Crippen LogP contribution in [0.1, 0.15) is 65.6 Å². The van der Waals surface area contributed by atoms with Crippen LogP contribution in [-0.2, 0) is 10.2 Å². The number of imidazole rings is 1. The van der Waals surface area contributed by atoms with Gasteiger partial charge in [-0.3, -0.25) is 4.79 Å². The number of anilines is 1. The van der Waals surface area contributed by atoms with Crippen LogP contribution in [0.3, 0.4) is 0 Å². The van der Waals surface area contributed by atoms with E-state index in [1.165, 1.54) is 44.6 Å². The van der Waals surface area contributed by atoms with E-state index in [0.717, 1.165) is 22.5 Å². The zero-order valence-corrected chi connectivity index (χ0v) is 15.1. The van der Waals surface area contributed by atoms with Crippen molar-refractivity contribution in [2.45, 2.75) is 65.2 Å². The van der Waals surface area contributed by atoms with Crippen LogP contribution in [-0.4, -0.2) is 15.5 Å². The maximum Gasteiger partial charge on any atom is 0.221 e. The minimum absolute atomic E-state index is 0.0427. The molecule has 1 N–H and O–H groups in total. The number of hydrogen-bond acceptors (Lipinski definition) is 2. The predicted octanol–water partition coefficient (Wildman–Crippen LogP) is 5.10. The molecule has 3 rings (SSSR count). The topological polar surface area (TPSA) is 46.9 Å². The molecule has 4 heteroatoms. The Morgan fingerprint density at radius 3 is 2.54 bits per heavy atom. The Morgan fingerprint density at radius 2 is 1.92 bits per heavy atom. The normalized spacial score (nSPS) is 15.6. The molecule has 0 unspecified atom stereocenters. The number of amides is 1. The lowest BCUT2D eigenvalue weighted by Crippen LogP contribution is -2.17. The summed E-state index contributed by atoms with van der Waals surface area (Å²) in [5.74, 6) is 1.00. The quantitative estimate of drug-likeness (QED) is 0.835. The average molecular weight is 325 g/mol.